The number of hydrogen-bond donors (Lipinski definition) is 2. The van der Waals surface area contributed by atoms with Crippen molar-refractivity contribution in [3.63, 3.8) is 0 Å². The van der Waals surface area contributed by atoms with E-state index in [4.69, 9.17) is 29.3 Å². The molecule has 9 nitrogen and oxygen atoms in total. The molecule has 0 bridgehead atoms. The quantitative estimate of drug-likeness (QED) is 0.496. The fourth-order valence-electron chi connectivity index (χ4n) is 3.57. The molecule has 0 spiro atoms. The normalized spacial score (nSPS) is 17.5. The van der Waals surface area contributed by atoms with Gasteiger partial charge in [0.25, 0.3) is 0 Å². The summed E-state index contributed by atoms with van der Waals surface area (Å²) in [4.78, 5) is 29.0. The zero-order chi connectivity index (χ0) is 28.3. The Balaban J connectivity index is 0.000000301. The highest BCUT2D eigenvalue weighted by Crippen LogP contribution is 2.24. The summed E-state index contributed by atoms with van der Waals surface area (Å²) in [6, 6.07) is 0. The summed E-state index contributed by atoms with van der Waals surface area (Å²) in [7, 11) is 0. The van der Waals surface area contributed by atoms with Crippen LogP contribution in [0.2, 0.25) is 0 Å². The van der Waals surface area contributed by atoms with E-state index in [9.17, 15) is 26.3 Å². The number of halogens is 6. The summed E-state index contributed by atoms with van der Waals surface area (Å²) in [5.74, 6) is -4.82. The van der Waals surface area contributed by atoms with E-state index in [-0.39, 0.29) is 0 Å². The van der Waals surface area contributed by atoms with Gasteiger partial charge in [-0.05, 0) is 35.4 Å². The molecular formula is C22H25F6N3O6S. The van der Waals surface area contributed by atoms with E-state index >= 15 is 0 Å². The van der Waals surface area contributed by atoms with Crippen molar-refractivity contribution in [3.05, 3.63) is 45.7 Å². The van der Waals surface area contributed by atoms with Crippen LogP contribution in [0, 0.1) is 5.92 Å². The molecule has 2 aliphatic rings. The van der Waals surface area contributed by atoms with Gasteiger partial charge < -0.3 is 19.7 Å². The minimum atomic E-state index is -5.08. The van der Waals surface area contributed by atoms with E-state index in [1.54, 1.807) is 11.3 Å². The Kier molecular flexibility index (Phi) is 11.9. The summed E-state index contributed by atoms with van der Waals surface area (Å²) in [5, 5.41) is 17.3. The molecule has 1 unspecified atom stereocenters. The van der Waals surface area contributed by atoms with Crippen molar-refractivity contribution in [2.45, 2.75) is 45.0 Å². The van der Waals surface area contributed by atoms with Crippen LogP contribution in [-0.4, -0.2) is 75.7 Å². The van der Waals surface area contributed by atoms with Gasteiger partial charge in [0.2, 0.25) is 0 Å². The second kappa shape index (κ2) is 14.4. The van der Waals surface area contributed by atoms with Gasteiger partial charge in [0.1, 0.15) is 5.01 Å². The maximum Gasteiger partial charge on any atom is 0.490 e. The number of rotatable bonds is 6. The number of carboxylic acid groups (broad SMARTS) is 2. The number of hydrogen-bond acceptors (Lipinski definition) is 8. The van der Waals surface area contributed by atoms with E-state index in [1.807, 2.05) is 24.0 Å². The highest BCUT2D eigenvalue weighted by Gasteiger charge is 2.38. The molecule has 38 heavy (non-hydrogen) atoms. The number of carboxylic acids is 2. The first-order chi connectivity index (χ1) is 17.8. The summed E-state index contributed by atoms with van der Waals surface area (Å²) in [6.45, 7) is 6.31. The molecule has 1 atom stereocenters. The Morgan fingerprint density at radius 1 is 1.11 bits per heavy atom. The van der Waals surface area contributed by atoms with Crippen molar-refractivity contribution in [1.82, 2.24) is 14.9 Å². The number of aromatic nitrogens is 2. The number of fused-ring (bicyclic) bond motifs is 1. The second-order valence-electron chi connectivity index (χ2n) is 8.18. The predicted octanol–water partition coefficient (Wildman–Crippen LogP) is 3.92. The molecule has 0 aromatic carbocycles. The van der Waals surface area contributed by atoms with Crippen molar-refractivity contribution in [3.8, 4) is 0 Å². The van der Waals surface area contributed by atoms with Crippen LogP contribution in [0.4, 0.5) is 26.3 Å². The largest absolute Gasteiger partial charge is 0.490 e. The summed E-state index contributed by atoms with van der Waals surface area (Å²) >= 11 is 1.63. The van der Waals surface area contributed by atoms with Gasteiger partial charge >= 0.3 is 24.3 Å². The minimum absolute atomic E-state index is 0.579. The third-order valence-corrected chi connectivity index (χ3v) is 6.05. The van der Waals surface area contributed by atoms with Crippen molar-refractivity contribution in [2.24, 2.45) is 5.92 Å². The third-order valence-electron chi connectivity index (χ3n) is 5.30. The zero-order valence-electron chi connectivity index (χ0n) is 19.8. The molecule has 1 saturated heterocycles. The lowest BCUT2D eigenvalue weighted by molar-refractivity contribution is -0.193. The first-order valence-electron chi connectivity index (χ1n) is 11.1. The molecular weight excluding hydrogens is 548 g/mol. The number of alkyl halides is 6. The molecule has 2 aromatic heterocycles. The predicted molar refractivity (Wildman–Crippen MR) is 120 cm³/mol. The molecule has 2 N–H and O–H groups in total. The number of carbonyl (C=O) groups is 2. The first-order valence-corrected chi connectivity index (χ1v) is 12.0. The van der Waals surface area contributed by atoms with Gasteiger partial charge in [-0.2, -0.15) is 26.3 Å². The summed E-state index contributed by atoms with van der Waals surface area (Å²) < 4.78 is 74.8. The molecule has 1 fully saturated rings. The van der Waals surface area contributed by atoms with Gasteiger partial charge in [-0.1, -0.05) is 0 Å². The summed E-state index contributed by atoms with van der Waals surface area (Å²) in [6.07, 6.45) is -2.08. The van der Waals surface area contributed by atoms with Crippen LogP contribution in [0.1, 0.15) is 28.1 Å². The lowest BCUT2D eigenvalue weighted by atomic mass is 9.96. The molecule has 2 aliphatic heterocycles. The van der Waals surface area contributed by atoms with Crippen LogP contribution in [-0.2, 0) is 45.2 Å². The zero-order valence-corrected chi connectivity index (χ0v) is 20.6. The van der Waals surface area contributed by atoms with Gasteiger partial charge in [0.15, 0.2) is 0 Å². The standard InChI is InChI=1S/C18H23N3O2S.2C2HF3O2/c1-4-21(9-14-2-5-22-11-14)10-15-7-19-8-16(17(1)15)12-23-13-18-20-3-6-24-18;2*3-2(4,5)1(6)7/h3,6-8,14H,1-2,4-5,9-13H2;2*(H,6,7). The highest BCUT2D eigenvalue weighted by atomic mass is 32.1. The molecule has 0 radical (unpaired) electrons. The van der Waals surface area contributed by atoms with Crippen LogP contribution < -0.4 is 0 Å². The molecule has 16 heteroatoms. The van der Waals surface area contributed by atoms with E-state index in [0.29, 0.717) is 19.1 Å². The number of ether oxygens (including phenoxy) is 2. The molecule has 0 saturated carbocycles. The second-order valence-corrected chi connectivity index (χ2v) is 9.15. The summed E-state index contributed by atoms with van der Waals surface area (Å²) in [5.41, 5.74) is 4.02. The van der Waals surface area contributed by atoms with E-state index in [2.05, 4.69) is 14.9 Å². The van der Waals surface area contributed by atoms with Crippen molar-refractivity contribution in [1.29, 1.82) is 0 Å². The Morgan fingerprint density at radius 2 is 1.76 bits per heavy atom. The monoisotopic (exact) mass is 573 g/mol. The van der Waals surface area contributed by atoms with Crippen LogP contribution in [0.15, 0.2) is 24.0 Å². The molecule has 4 rings (SSSR count). The number of thiazole rings is 1. The van der Waals surface area contributed by atoms with Gasteiger partial charge in [-0.15, -0.1) is 11.3 Å². The number of nitrogens with zero attached hydrogens (tertiary/aromatic N) is 3. The maximum atomic E-state index is 10.6. The van der Waals surface area contributed by atoms with Gasteiger partial charge in [-0.3, -0.25) is 9.88 Å². The minimum Gasteiger partial charge on any atom is -0.475 e. The SMILES string of the molecule is O=C(O)C(F)(F)F.O=C(O)C(F)(F)F.c1csc(COCc2cncc3c2CCN(CC2CCOC2)C3)n1. The molecule has 2 aromatic rings. The van der Waals surface area contributed by atoms with Crippen LogP contribution in [0.5, 0.6) is 0 Å². The molecule has 0 aliphatic carbocycles. The Bertz CT molecular complexity index is 1010. The number of pyridine rings is 1. The highest BCUT2D eigenvalue weighted by molar-refractivity contribution is 7.09. The van der Waals surface area contributed by atoms with E-state index in [0.717, 1.165) is 44.3 Å². The number of aliphatic carboxylic acids is 2. The Hall–Kier alpha value is -2.82. The van der Waals surface area contributed by atoms with Crippen LogP contribution >= 0.6 is 11.3 Å². The Morgan fingerprint density at radius 3 is 2.29 bits per heavy atom. The third kappa shape index (κ3) is 10.9. The van der Waals surface area contributed by atoms with Gasteiger partial charge in [0.05, 0.1) is 19.8 Å². The van der Waals surface area contributed by atoms with E-state index < -0.39 is 24.3 Å². The Labute approximate surface area is 217 Å². The van der Waals surface area contributed by atoms with Crippen molar-refractivity contribution < 1.29 is 55.6 Å². The average Bonchev–Trinajstić information content (AvgIpc) is 3.53. The van der Waals surface area contributed by atoms with Crippen LogP contribution in [0.3, 0.4) is 0 Å². The van der Waals surface area contributed by atoms with Gasteiger partial charge in [0, 0.05) is 50.2 Å². The molecule has 0 amide bonds. The first kappa shape index (κ1) is 31.4. The maximum absolute atomic E-state index is 10.6. The lowest BCUT2D eigenvalue weighted by Gasteiger charge is -2.31. The van der Waals surface area contributed by atoms with Crippen LogP contribution in [0.25, 0.3) is 0 Å². The lowest BCUT2D eigenvalue weighted by Crippen LogP contribution is -2.35. The van der Waals surface area contributed by atoms with E-state index in [1.165, 1.54) is 23.1 Å². The topological polar surface area (TPSA) is 122 Å². The molecule has 212 valence electrons. The average molecular weight is 574 g/mol. The van der Waals surface area contributed by atoms with Crippen molar-refractivity contribution in [2.75, 3.05) is 26.3 Å². The fourth-order valence-corrected chi connectivity index (χ4v) is 4.12. The fraction of sp³-hybridized carbons (Fsp3) is 0.545. The smallest absolute Gasteiger partial charge is 0.475 e. The molecule has 4 heterocycles. The van der Waals surface area contributed by atoms with Crippen molar-refractivity contribution >= 4 is 23.3 Å². The van der Waals surface area contributed by atoms with Gasteiger partial charge in [-0.25, -0.2) is 14.6 Å².